The van der Waals surface area contributed by atoms with E-state index >= 15 is 0 Å². The lowest BCUT2D eigenvalue weighted by Crippen LogP contribution is -2.38. The van der Waals surface area contributed by atoms with Gasteiger partial charge in [-0.25, -0.2) is 0 Å². The first-order chi connectivity index (χ1) is 9.15. The summed E-state index contributed by atoms with van der Waals surface area (Å²) in [6.07, 6.45) is 3.39. The van der Waals surface area contributed by atoms with Gasteiger partial charge < -0.3 is 15.2 Å². The van der Waals surface area contributed by atoms with Crippen LogP contribution in [0.15, 0.2) is 10.6 Å². The maximum Gasteiger partial charge on any atom is 0.239 e. The molecule has 1 aromatic rings. The van der Waals surface area contributed by atoms with Gasteiger partial charge in [0.15, 0.2) is 5.82 Å². The van der Waals surface area contributed by atoms with E-state index in [2.05, 4.69) is 20.7 Å². The number of hydrogen-bond donors (Lipinski definition) is 2. The highest BCUT2D eigenvalue weighted by molar-refractivity contribution is 5.91. The van der Waals surface area contributed by atoms with Crippen molar-refractivity contribution in [3.05, 3.63) is 11.8 Å². The quantitative estimate of drug-likeness (QED) is 0.850. The molecule has 19 heavy (non-hydrogen) atoms. The summed E-state index contributed by atoms with van der Waals surface area (Å²) in [6, 6.07) is 2.19. The Hall–Kier alpha value is -1.40. The van der Waals surface area contributed by atoms with E-state index in [0.29, 0.717) is 24.2 Å². The molecule has 2 N–H and O–H groups in total. The van der Waals surface area contributed by atoms with Crippen molar-refractivity contribution >= 4 is 11.7 Å². The SMILES string of the molecule is Cc1cc(NC(=O)CN(C)C2CCCNCC2)no1. The average Bonchev–Trinajstić information content (AvgIpc) is 2.64. The number of anilines is 1. The average molecular weight is 266 g/mol. The van der Waals surface area contributed by atoms with E-state index in [1.807, 2.05) is 7.05 Å². The summed E-state index contributed by atoms with van der Waals surface area (Å²) in [4.78, 5) is 14.0. The fraction of sp³-hybridized carbons (Fsp3) is 0.692. The molecule has 1 atom stereocenters. The first kappa shape index (κ1) is 14.0. The summed E-state index contributed by atoms with van der Waals surface area (Å²) in [5.41, 5.74) is 0. The molecule has 0 radical (unpaired) electrons. The van der Waals surface area contributed by atoms with Crippen molar-refractivity contribution in [2.45, 2.75) is 32.2 Å². The zero-order valence-electron chi connectivity index (χ0n) is 11.6. The summed E-state index contributed by atoms with van der Waals surface area (Å²) in [7, 11) is 2.00. The standard InChI is InChI=1S/C13H22N4O2/c1-10-8-12(16-19-10)15-13(18)9-17(2)11-4-3-6-14-7-5-11/h8,11,14H,3-7,9H2,1-2H3,(H,15,16,18). The molecule has 0 aliphatic carbocycles. The molecule has 1 amide bonds. The van der Waals surface area contributed by atoms with Gasteiger partial charge >= 0.3 is 0 Å². The van der Waals surface area contributed by atoms with E-state index in [-0.39, 0.29) is 5.91 Å². The predicted octanol–water partition coefficient (Wildman–Crippen LogP) is 0.995. The fourth-order valence-electron chi connectivity index (χ4n) is 2.40. The van der Waals surface area contributed by atoms with E-state index in [4.69, 9.17) is 4.52 Å². The topological polar surface area (TPSA) is 70.4 Å². The minimum atomic E-state index is -0.0481. The highest BCUT2D eigenvalue weighted by atomic mass is 16.5. The lowest BCUT2D eigenvalue weighted by atomic mass is 10.1. The predicted molar refractivity (Wildman–Crippen MR) is 73.0 cm³/mol. The third-order valence-corrected chi connectivity index (χ3v) is 3.46. The van der Waals surface area contributed by atoms with Crippen molar-refractivity contribution in [2.75, 3.05) is 32.0 Å². The van der Waals surface area contributed by atoms with Crippen LogP contribution in [0.4, 0.5) is 5.82 Å². The first-order valence-electron chi connectivity index (χ1n) is 6.79. The van der Waals surface area contributed by atoms with Crippen LogP contribution in [0.2, 0.25) is 0 Å². The summed E-state index contributed by atoms with van der Waals surface area (Å²) in [5, 5.41) is 9.88. The van der Waals surface area contributed by atoms with Crippen molar-refractivity contribution in [3.63, 3.8) is 0 Å². The van der Waals surface area contributed by atoms with E-state index < -0.39 is 0 Å². The van der Waals surface area contributed by atoms with Crippen LogP contribution in [-0.4, -0.2) is 48.7 Å². The van der Waals surface area contributed by atoms with Gasteiger partial charge in [0.25, 0.3) is 0 Å². The Balaban J connectivity index is 1.80. The van der Waals surface area contributed by atoms with Crippen LogP contribution in [0.5, 0.6) is 0 Å². The monoisotopic (exact) mass is 266 g/mol. The molecule has 1 fully saturated rings. The molecular formula is C13H22N4O2. The Morgan fingerprint density at radius 3 is 3.16 bits per heavy atom. The van der Waals surface area contributed by atoms with Gasteiger partial charge in [0.05, 0.1) is 6.54 Å². The zero-order chi connectivity index (χ0) is 13.7. The Kier molecular flexibility index (Phi) is 4.93. The van der Waals surface area contributed by atoms with Crippen LogP contribution in [-0.2, 0) is 4.79 Å². The van der Waals surface area contributed by atoms with Gasteiger partial charge in [0.1, 0.15) is 5.76 Å². The molecule has 1 aliphatic heterocycles. The van der Waals surface area contributed by atoms with E-state index in [0.717, 1.165) is 25.9 Å². The number of nitrogens with one attached hydrogen (secondary N) is 2. The molecule has 2 heterocycles. The third-order valence-electron chi connectivity index (χ3n) is 3.46. The molecule has 6 nitrogen and oxygen atoms in total. The number of nitrogens with zero attached hydrogens (tertiary/aromatic N) is 2. The molecule has 1 aliphatic rings. The van der Waals surface area contributed by atoms with Crippen LogP contribution < -0.4 is 10.6 Å². The Morgan fingerprint density at radius 1 is 1.58 bits per heavy atom. The van der Waals surface area contributed by atoms with Crippen molar-refractivity contribution in [1.29, 1.82) is 0 Å². The van der Waals surface area contributed by atoms with Crippen molar-refractivity contribution < 1.29 is 9.32 Å². The number of carbonyl (C=O) groups excluding carboxylic acids is 1. The molecular weight excluding hydrogens is 244 g/mol. The number of likely N-dealkylation sites (N-methyl/N-ethyl adjacent to an activating group) is 1. The lowest BCUT2D eigenvalue weighted by Gasteiger charge is -2.25. The van der Waals surface area contributed by atoms with Gasteiger partial charge in [-0.1, -0.05) is 5.16 Å². The molecule has 6 heteroatoms. The fourth-order valence-corrected chi connectivity index (χ4v) is 2.40. The molecule has 0 aromatic carbocycles. The smallest absolute Gasteiger partial charge is 0.239 e. The van der Waals surface area contributed by atoms with Gasteiger partial charge in [-0.05, 0) is 46.3 Å². The summed E-state index contributed by atoms with van der Waals surface area (Å²) < 4.78 is 4.92. The van der Waals surface area contributed by atoms with Gasteiger partial charge in [-0.3, -0.25) is 9.69 Å². The minimum absolute atomic E-state index is 0.0481. The summed E-state index contributed by atoms with van der Waals surface area (Å²) in [5.74, 6) is 1.13. The number of aryl methyl sites for hydroxylation is 1. The molecule has 1 aromatic heterocycles. The Morgan fingerprint density at radius 2 is 2.42 bits per heavy atom. The number of aromatic nitrogens is 1. The molecule has 106 valence electrons. The molecule has 1 unspecified atom stereocenters. The first-order valence-corrected chi connectivity index (χ1v) is 6.79. The van der Waals surface area contributed by atoms with E-state index in [1.54, 1.807) is 13.0 Å². The van der Waals surface area contributed by atoms with Crippen LogP contribution in [0.1, 0.15) is 25.0 Å². The molecule has 1 saturated heterocycles. The largest absolute Gasteiger partial charge is 0.360 e. The van der Waals surface area contributed by atoms with Crippen molar-refractivity contribution in [3.8, 4) is 0 Å². The number of hydrogen-bond acceptors (Lipinski definition) is 5. The van der Waals surface area contributed by atoms with Crippen molar-refractivity contribution in [1.82, 2.24) is 15.4 Å². The van der Waals surface area contributed by atoms with Crippen LogP contribution in [0.3, 0.4) is 0 Å². The van der Waals surface area contributed by atoms with Gasteiger partial charge in [0.2, 0.25) is 5.91 Å². The summed E-state index contributed by atoms with van der Waals surface area (Å²) in [6.45, 7) is 4.29. The number of carbonyl (C=O) groups is 1. The second-order valence-electron chi connectivity index (χ2n) is 5.12. The van der Waals surface area contributed by atoms with Crippen LogP contribution in [0, 0.1) is 6.92 Å². The molecule has 2 rings (SSSR count). The van der Waals surface area contributed by atoms with E-state index in [9.17, 15) is 4.79 Å². The van der Waals surface area contributed by atoms with Crippen LogP contribution >= 0.6 is 0 Å². The van der Waals surface area contributed by atoms with Crippen molar-refractivity contribution in [2.24, 2.45) is 0 Å². The molecule has 0 saturated carbocycles. The van der Waals surface area contributed by atoms with Gasteiger partial charge in [0, 0.05) is 12.1 Å². The minimum Gasteiger partial charge on any atom is -0.360 e. The number of amides is 1. The maximum atomic E-state index is 11.9. The second kappa shape index (κ2) is 6.68. The van der Waals surface area contributed by atoms with Gasteiger partial charge in [-0.2, -0.15) is 0 Å². The highest BCUT2D eigenvalue weighted by Crippen LogP contribution is 2.12. The zero-order valence-corrected chi connectivity index (χ0v) is 11.6. The molecule has 0 bridgehead atoms. The Labute approximate surface area is 113 Å². The lowest BCUT2D eigenvalue weighted by molar-refractivity contribution is -0.117. The van der Waals surface area contributed by atoms with E-state index in [1.165, 1.54) is 6.42 Å². The second-order valence-corrected chi connectivity index (χ2v) is 5.12. The molecule has 0 spiro atoms. The highest BCUT2D eigenvalue weighted by Gasteiger charge is 2.19. The number of rotatable bonds is 4. The van der Waals surface area contributed by atoms with Crippen LogP contribution in [0.25, 0.3) is 0 Å². The maximum absolute atomic E-state index is 11.9. The van der Waals surface area contributed by atoms with Gasteiger partial charge in [-0.15, -0.1) is 0 Å². The Bertz CT molecular complexity index is 411. The normalized spacial score (nSPS) is 20.3. The summed E-state index contributed by atoms with van der Waals surface area (Å²) >= 11 is 0. The third kappa shape index (κ3) is 4.33.